The fourth-order valence-corrected chi connectivity index (χ4v) is 7.25. The largest absolute Gasteiger partial charge is 0.456 e. The number of hydrogen-bond donors (Lipinski definition) is 0. The normalized spacial score (nSPS) is 16.0. The van der Waals surface area contributed by atoms with Crippen LogP contribution >= 0.6 is 0 Å². The summed E-state index contributed by atoms with van der Waals surface area (Å²) in [5, 5.41) is 2.49. The van der Waals surface area contributed by atoms with Gasteiger partial charge in [0.05, 0.1) is 53.7 Å². The molecule has 8 aromatic carbocycles. The van der Waals surface area contributed by atoms with Crippen LogP contribution in [-0.4, -0.2) is 9.13 Å². The number of furan rings is 1. The van der Waals surface area contributed by atoms with Gasteiger partial charge in [-0.25, -0.2) is 0 Å². The van der Waals surface area contributed by atoms with Crippen LogP contribution < -0.4 is 0 Å². The second-order valence-corrected chi connectivity index (χ2v) is 12.2. The van der Waals surface area contributed by atoms with Gasteiger partial charge in [0.25, 0.3) is 0 Å². The molecule has 0 aliphatic rings. The van der Waals surface area contributed by atoms with Crippen LogP contribution in [0.4, 0.5) is 0 Å². The third kappa shape index (κ3) is 4.19. The summed E-state index contributed by atoms with van der Waals surface area (Å²) in [7, 11) is 0. The topological polar surface area (TPSA) is 23.0 Å². The quantitative estimate of drug-likeness (QED) is 0.183. The fraction of sp³-hybridized carbons (Fsp3) is 0. The Kier molecular flexibility index (Phi) is 3.65. The first-order chi connectivity index (χ1) is 31.5. The molecule has 0 spiro atoms. The zero-order valence-corrected chi connectivity index (χ0v) is 26.5. The molecule has 238 valence electrons. The molecular formula is C48H30N2O. The van der Waals surface area contributed by atoms with E-state index in [0.717, 1.165) is 0 Å². The van der Waals surface area contributed by atoms with Gasteiger partial charge in [0.1, 0.15) is 11.2 Å². The standard InChI is InChI=1S/C48H30N2O/c1-2-12-31(13-3-1)32-14-10-15-33(28-32)34-24-27-46-40(29-34)48-45(22-11-23-47(48)51-46)50-43-21-9-6-18-38(43)39-30-35(25-26-44(39)50)49-41-19-7-4-16-36(41)37-17-5-8-20-42(37)49/h1-30H/i1D,2D,3D,4D,7D,11D,12D,13D,16D,19D,22D,23D,24D,27D,29D. The zero-order chi connectivity index (χ0) is 46.5. The Labute approximate surface area is 314 Å². The Morgan fingerprint density at radius 2 is 1.14 bits per heavy atom. The summed E-state index contributed by atoms with van der Waals surface area (Å²) in [6.45, 7) is 0. The SMILES string of the molecule is [2H]c1c([2H])c([2H])c(-c2cccc(-c3c([2H])c([2H])c4oc5c([2H])c([2H])c([2H])c(-n6c7ccccc7c7cc(-n8c9ccccc9c9c([2H])c([2H])c([2H])c([2H])c98)ccc76)c5c4c3[2H])c2)c([2H])c1[2H]. The summed E-state index contributed by atoms with van der Waals surface area (Å²) in [6.07, 6.45) is 0. The minimum Gasteiger partial charge on any atom is -0.456 e. The average Bonchev–Trinajstić information content (AvgIpc) is 3.99. The Balaban J connectivity index is 1.21. The molecule has 51 heavy (non-hydrogen) atoms. The van der Waals surface area contributed by atoms with Crippen LogP contribution in [0.25, 0.3) is 99.2 Å². The van der Waals surface area contributed by atoms with Crippen LogP contribution in [0.2, 0.25) is 0 Å². The van der Waals surface area contributed by atoms with Crippen molar-refractivity contribution in [3.8, 4) is 33.6 Å². The van der Waals surface area contributed by atoms with Crippen molar-refractivity contribution in [2.45, 2.75) is 0 Å². The molecule has 0 saturated carbocycles. The fourth-order valence-electron chi connectivity index (χ4n) is 7.25. The highest BCUT2D eigenvalue weighted by molar-refractivity contribution is 6.16. The van der Waals surface area contributed by atoms with Crippen LogP contribution in [0.1, 0.15) is 20.6 Å². The van der Waals surface area contributed by atoms with E-state index in [1.807, 2.05) is 54.6 Å². The van der Waals surface area contributed by atoms with Crippen molar-refractivity contribution >= 4 is 65.6 Å². The highest BCUT2D eigenvalue weighted by atomic mass is 16.3. The van der Waals surface area contributed by atoms with Crippen LogP contribution in [0.5, 0.6) is 0 Å². The maximum absolute atomic E-state index is 9.76. The number of fused-ring (bicyclic) bond motifs is 9. The lowest BCUT2D eigenvalue weighted by atomic mass is 9.98. The van der Waals surface area contributed by atoms with Gasteiger partial charge in [0.15, 0.2) is 0 Å². The van der Waals surface area contributed by atoms with Crippen molar-refractivity contribution < 1.29 is 25.0 Å². The van der Waals surface area contributed by atoms with Crippen molar-refractivity contribution in [2.75, 3.05) is 0 Å². The maximum Gasteiger partial charge on any atom is 0.137 e. The number of nitrogens with zero attached hydrogens (tertiary/aromatic N) is 2. The second kappa shape index (κ2) is 10.8. The first-order valence-electron chi connectivity index (χ1n) is 23.7. The number of aromatic nitrogens is 2. The number of rotatable bonds is 4. The minimum absolute atomic E-state index is 0.00757. The molecule has 3 aromatic heterocycles. The molecule has 11 rings (SSSR count). The lowest BCUT2D eigenvalue weighted by Crippen LogP contribution is -1.96. The highest BCUT2D eigenvalue weighted by Crippen LogP contribution is 2.41. The Morgan fingerprint density at radius 3 is 2.00 bits per heavy atom. The Morgan fingerprint density at radius 1 is 0.412 bits per heavy atom. The predicted octanol–water partition coefficient (Wildman–Crippen LogP) is 13.1. The summed E-state index contributed by atoms with van der Waals surface area (Å²) in [5.41, 5.74) is 2.70. The van der Waals surface area contributed by atoms with Gasteiger partial charge in [0.2, 0.25) is 0 Å². The first kappa shape index (κ1) is 17.2. The molecule has 0 unspecified atom stereocenters. The predicted molar refractivity (Wildman–Crippen MR) is 213 cm³/mol. The highest BCUT2D eigenvalue weighted by Gasteiger charge is 2.20. The summed E-state index contributed by atoms with van der Waals surface area (Å²) in [4.78, 5) is 0. The van der Waals surface area contributed by atoms with Gasteiger partial charge >= 0.3 is 0 Å². The summed E-state index contributed by atoms with van der Waals surface area (Å²) in [6, 6.07) is 20.4. The molecule has 3 nitrogen and oxygen atoms in total. The van der Waals surface area contributed by atoms with Gasteiger partial charge in [-0.15, -0.1) is 0 Å². The van der Waals surface area contributed by atoms with E-state index in [0.29, 0.717) is 49.3 Å². The summed E-state index contributed by atoms with van der Waals surface area (Å²) in [5.74, 6) is 0. The van der Waals surface area contributed by atoms with Gasteiger partial charge in [-0.05, 0) is 88.9 Å². The molecule has 0 saturated heterocycles. The number of benzene rings is 8. The third-order valence-corrected chi connectivity index (χ3v) is 9.44. The number of hydrogen-bond acceptors (Lipinski definition) is 1. The van der Waals surface area contributed by atoms with Gasteiger partial charge in [-0.1, -0.05) is 115 Å². The Hall–Kier alpha value is -6.84. The molecule has 0 N–H and O–H groups in total. The molecule has 0 radical (unpaired) electrons. The van der Waals surface area contributed by atoms with E-state index < -0.39 is 54.4 Å². The molecule has 0 aliphatic heterocycles. The molecular weight excluding hydrogens is 621 g/mol. The molecule has 3 heteroatoms. The van der Waals surface area contributed by atoms with Gasteiger partial charge < -0.3 is 13.6 Å². The van der Waals surface area contributed by atoms with Crippen molar-refractivity contribution in [3.05, 3.63) is 182 Å². The van der Waals surface area contributed by atoms with E-state index in [9.17, 15) is 4.11 Å². The van der Waals surface area contributed by atoms with Crippen LogP contribution in [0, 0.1) is 0 Å². The van der Waals surface area contributed by atoms with Crippen molar-refractivity contribution in [3.63, 3.8) is 0 Å². The van der Waals surface area contributed by atoms with Crippen LogP contribution in [0.3, 0.4) is 0 Å². The summed E-state index contributed by atoms with van der Waals surface area (Å²) >= 11 is 0. The third-order valence-electron chi connectivity index (χ3n) is 9.44. The smallest absolute Gasteiger partial charge is 0.137 e. The van der Waals surface area contributed by atoms with E-state index in [4.69, 9.17) is 20.9 Å². The zero-order valence-electron chi connectivity index (χ0n) is 41.5. The van der Waals surface area contributed by atoms with E-state index in [-0.39, 0.29) is 86.1 Å². The van der Waals surface area contributed by atoms with Gasteiger partial charge in [0, 0.05) is 32.6 Å². The van der Waals surface area contributed by atoms with E-state index in [2.05, 4.69) is 0 Å². The van der Waals surface area contributed by atoms with E-state index in [1.165, 1.54) is 6.07 Å². The monoisotopic (exact) mass is 665 g/mol. The molecule has 0 atom stereocenters. The lowest BCUT2D eigenvalue weighted by molar-refractivity contribution is 0.669. The molecule has 0 bridgehead atoms. The van der Waals surface area contributed by atoms with Crippen molar-refractivity contribution in [2.24, 2.45) is 0 Å². The maximum atomic E-state index is 9.76. The molecule has 11 aromatic rings. The van der Waals surface area contributed by atoms with Crippen molar-refractivity contribution in [1.29, 1.82) is 0 Å². The lowest BCUT2D eigenvalue weighted by Gasteiger charge is -2.11. The molecule has 0 amide bonds. The average molecular weight is 666 g/mol. The van der Waals surface area contributed by atoms with Crippen molar-refractivity contribution in [1.82, 2.24) is 9.13 Å². The van der Waals surface area contributed by atoms with Crippen LogP contribution in [-0.2, 0) is 0 Å². The van der Waals surface area contributed by atoms with Gasteiger partial charge in [-0.3, -0.25) is 0 Å². The van der Waals surface area contributed by atoms with E-state index >= 15 is 0 Å². The number of para-hydroxylation sites is 3. The second-order valence-electron chi connectivity index (χ2n) is 12.2. The van der Waals surface area contributed by atoms with Gasteiger partial charge in [-0.2, -0.15) is 0 Å². The molecule has 3 heterocycles. The van der Waals surface area contributed by atoms with Crippen LogP contribution in [0.15, 0.2) is 186 Å². The first-order valence-corrected chi connectivity index (χ1v) is 16.2. The minimum atomic E-state index is -0.553. The summed E-state index contributed by atoms with van der Waals surface area (Å²) < 4.78 is 142. The molecule has 0 aliphatic carbocycles. The Bertz CT molecular complexity index is 3990. The van der Waals surface area contributed by atoms with E-state index in [1.54, 1.807) is 39.5 Å². The molecule has 0 fully saturated rings.